The number of benzene rings is 1. The van der Waals surface area contributed by atoms with E-state index in [1.165, 1.54) is 42.7 Å². The van der Waals surface area contributed by atoms with Gasteiger partial charge in [0.2, 0.25) is 0 Å². The normalized spacial score (nSPS) is 22.1. The number of hydrazine groups is 1. The second-order valence-corrected chi connectivity index (χ2v) is 9.66. The predicted molar refractivity (Wildman–Crippen MR) is 132 cm³/mol. The molecular weight excluding hydrogens is 436 g/mol. The molecule has 2 aliphatic carbocycles. The molecule has 33 heavy (non-hydrogen) atoms. The number of nitrogens with zero attached hydrogens (tertiary/aromatic N) is 4. The third-order valence-electron chi connectivity index (χ3n) is 6.92. The van der Waals surface area contributed by atoms with Crippen LogP contribution in [0.15, 0.2) is 41.0 Å². The molecule has 1 aromatic carbocycles. The van der Waals surface area contributed by atoms with E-state index in [0.29, 0.717) is 17.7 Å². The van der Waals surface area contributed by atoms with Gasteiger partial charge in [0.05, 0.1) is 30.1 Å². The van der Waals surface area contributed by atoms with Crippen LogP contribution >= 0.6 is 11.6 Å². The van der Waals surface area contributed by atoms with Crippen molar-refractivity contribution in [2.24, 2.45) is 18.0 Å². The summed E-state index contributed by atoms with van der Waals surface area (Å²) in [5.74, 6) is 2.44. The molecule has 0 radical (unpaired) electrons. The summed E-state index contributed by atoms with van der Waals surface area (Å²) >= 11 is 6.43. The van der Waals surface area contributed by atoms with Crippen molar-refractivity contribution in [2.75, 3.05) is 19.6 Å². The quantitative estimate of drug-likeness (QED) is 0.463. The molecule has 2 N–H and O–H groups in total. The lowest BCUT2D eigenvalue weighted by Gasteiger charge is -2.21. The zero-order valence-corrected chi connectivity index (χ0v) is 20.0. The number of anilines is 1. The molecule has 0 spiro atoms. The van der Waals surface area contributed by atoms with Crippen molar-refractivity contribution in [1.29, 1.82) is 0 Å². The molecular formula is C25H29ClN6O. The van der Waals surface area contributed by atoms with Crippen LogP contribution in [0.25, 0.3) is 16.8 Å². The zero-order valence-electron chi connectivity index (χ0n) is 19.2. The Kier molecular flexibility index (Phi) is 5.09. The maximum atomic E-state index is 6.43. The summed E-state index contributed by atoms with van der Waals surface area (Å²) in [4.78, 5) is 15.6. The van der Waals surface area contributed by atoms with Crippen LogP contribution in [0.4, 0.5) is 5.69 Å². The number of fused-ring (bicyclic) bond motifs is 1. The average Bonchev–Trinajstić information content (AvgIpc) is 3.73. The minimum atomic E-state index is 0.0108. The lowest BCUT2D eigenvalue weighted by molar-refractivity contribution is 0.270. The molecule has 4 aliphatic rings. The molecule has 6 rings (SSSR count). The lowest BCUT2D eigenvalue weighted by atomic mass is 9.98. The molecule has 7 nitrogen and oxygen atoms in total. The number of halogens is 1. The van der Waals surface area contributed by atoms with E-state index in [-0.39, 0.29) is 6.17 Å². The Balaban J connectivity index is 1.51. The van der Waals surface area contributed by atoms with Crippen LogP contribution in [0.5, 0.6) is 0 Å². The maximum Gasteiger partial charge on any atom is 0.143 e. The van der Waals surface area contributed by atoms with Crippen LogP contribution in [0.2, 0.25) is 0 Å². The van der Waals surface area contributed by atoms with Gasteiger partial charge in [-0.1, -0.05) is 12.1 Å². The van der Waals surface area contributed by atoms with Crippen molar-refractivity contribution in [2.45, 2.75) is 43.6 Å². The summed E-state index contributed by atoms with van der Waals surface area (Å²) < 4.78 is 2.30. The minimum absolute atomic E-state index is 0.0108. The van der Waals surface area contributed by atoms with Crippen molar-refractivity contribution in [3.63, 3.8) is 0 Å². The van der Waals surface area contributed by atoms with Crippen LogP contribution in [0.3, 0.4) is 0 Å². The third kappa shape index (κ3) is 3.59. The highest BCUT2D eigenvalue weighted by Gasteiger charge is 2.39. The number of nitrogens with one attached hydrogen (secondary N) is 2. The largest absolute Gasteiger partial charge is 0.330 e. The Hall–Kier alpha value is -2.61. The van der Waals surface area contributed by atoms with Crippen LogP contribution in [-0.2, 0) is 17.8 Å². The first-order chi connectivity index (χ1) is 16.1. The van der Waals surface area contributed by atoms with Gasteiger partial charge in [0.15, 0.2) is 0 Å². The molecule has 1 atom stereocenters. The highest BCUT2D eigenvalue weighted by Crippen LogP contribution is 2.47. The Morgan fingerprint density at radius 3 is 2.67 bits per heavy atom. The average molecular weight is 465 g/mol. The number of hydrogen-bond acceptors (Lipinski definition) is 6. The van der Waals surface area contributed by atoms with Gasteiger partial charge in [-0.2, -0.15) is 0 Å². The van der Waals surface area contributed by atoms with Crippen molar-refractivity contribution in [3.8, 4) is 11.3 Å². The van der Waals surface area contributed by atoms with E-state index in [4.69, 9.17) is 26.4 Å². The Labute approximate surface area is 199 Å². The number of dihydropyridines is 1. The van der Waals surface area contributed by atoms with Crippen molar-refractivity contribution in [1.82, 2.24) is 20.0 Å². The first kappa shape index (κ1) is 21.0. The van der Waals surface area contributed by atoms with Crippen LogP contribution < -0.4 is 10.9 Å². The van der Waals surface area contributed by atoms with E-state index in [2.05, 4.69) is 40.9 Å². The Morgan fingerprint density at radius 1 is 1.18 bits per heavy atom. The summed E-state index contributed by atoms with van der Waals surface area (Å²) in [6.07, 6.45) is 9.21. The standard InChI is InChI=1S/C25H29ClN6O/c1-31-13-16-11-18(21(14-7-8-14)27-24(16)29-31)25-28-22(23(32(25)2)15-9-10-15)17-5-4-6-20(30-33-3)19(17)12-26/h4-6,11,13-15,24,29-30H,7-10,12H2,1-3H3. The highest BCUT2D eigenvalue weighted by atomic mass is 35.5. The van der Waals surface area contributed by atoms with Gasteiger partial charge < -0.3 is 9.58 Å². The van der Waals surface area contributed by atoms with E-state index < -0.39 is 0 Å². The topological polar surface area (TPSA) is 66.7 Å². The smallest absolute Gasteiger partial charge is 0.143 e. The van der Waals surface area contributed by atoms with Gasteiger partial charge in [-0.25, -0.2) is 10.4 Å². The Morgan fingerprint density at radius 2 is 1.97 bits per heavy atom. The van der Waals surface area contributed by atoms with Gasteiger partial charge in [-0.05, 0) is 37.8 Å². The van der Waals surface area contributed by atoms with Gasteiger partial charge in [-0.3, -0.25) is 15.3 Å². The molecule has 8 heteroatoms. The maximum absolute atomic E-state index is 6.43. The van der Waals surface area contributed by atoms with Crippen LogP contribution in [-0.4, -0.2) is 40.6 Å². The minimum Gasteiger partial charge on any atom is -0.330 e. The summed E-state index contributed by atoms with van der Waals surface area (Å²) in [5, 5.41) is 1.99. The van der Waals surface area contributed by atoms with E-state index in [0.717, 1.165) is 33.9 Å². The fraction of sp³-hybridized carbons (Fsp3) is 0.440. The molecule has 0 amide bonds. The molecule has 0 saturated heterocycles. The van der Waals surface area contributed by atoms with E-state index in [1.807, 2.05) is 24.2 Å². The number of imidazole rings is 1. The SMILES string of the molecule is CONc1cccc(-c2nc(C3=CC4=CN(C)NC4N=C3C3CC3)n(C)c2C2CC2)c1CCl. The summed E-state index contributed by atoms with van der Waals surface area (Å²) in [5.41, 5.74) is 15.2. The van der Waals surface area contributed by atoms with Crippen molar-refractivity contribution >= 4 is 28.6 Å². The number of aliphatic imine (C=N–C) groups is 1. The number of alkyl halides is 1. The summed E-state index contributed by atoms with van der Waals surface area (Å²) in [6, 6.07) is 6.14. The number of hydrogen-bond donors (Lipinski definition) is 2. The van der Waals surface area contributed by atoms with Crippen molar-refractivity contribution in [3.05, 3.63) is 53.1 Å². The highest BCUT2D eigenvalue weighted by molar-refractivity contribution is 6.26. The summed E-state index contributed by atoms with van der Waals surface area (Å²) in [6.45, 7) is 0. The molecule has 2 fully saturated rings. The molecule has 0 bridgehead atoms. The molecule has 2 saturated carbocycles. The second-order valence-electron chi connectivity index (χ2n) is 9.39. The molecule has 2 aliphatic heterocycles. The third-order valence-corrected chi connectivity index (χ3v) is 7.19. The number of rotatable bonds is 7. The monoisotopic (exact) mass is 464 g/mol. The van der Waals surface area contributed by atoms with E-state index in [1.54, 1.807) is 7.11 Å². The molecule has 3 heterocycles. The zero-order chi connectivity index (χ0) is 22.7. The van der Waals surface area contributed by atoms with Gasteiger partial charge in [0.25, 0.3) is 0 Å². The molecule has 1 aromatic heterocycles. The Bertz CT molecular complexity index is 1200. The second kappa shape index (κ2) is 8.01. The fourth-order valence-electron chi connectivity index (χ4n) is 5.06. The van der Waals surface area contributed by atoms with Gasteiger partial charge >= 0.3 is 0 Å². The van der Waals surface area contributed by atoms with Gasteiger partial charge in [0.1, 0.15) is 12.0 Å². The predicted octanol–water partition coefficient (Wildman–Crippen LogP) is 4.58. The molecule has 172 valence electrons. The lowest BCUT2D eigenvalue weighted by Crippen LogP contribution is -2.34. The fourth-order valence-corrected chi connectivity index (χ4v) is 5.35. The van der Waals surface area contributed by atoms with Crippen molar-refractivity contribution < 1.29 is 4.84 Å². The van der Waals surface area contributed by atoms with Gasteiger partial charge in [0, 0.05) is 60.1 Å². The first-order valence-electron chi connectivity index (χ1n) is 11.6. The van der Waals surface area contributed by atoms with Crippen LogP contribution in [0.1, 0.15) is 48.7 Å². The van der Waals surface area contributed by atoms with E-state index >= 15 is 0 Å². The van der Waals surface area contributed by atoms with E-state index in [9.17, 15) is 0 Å². The van der Waals surface area contributed by atoms with Crippen LogP contribution in [0, 0.1) is 5.92 Å². The number of allylic oxidation sites excluding steroid dienone is 1. The van der Waals surface area contributed by atoms with Gasteiger partial charge in [-0.15, -0.1) is 11.6 Å². The number of aromatic nitrogens is 2. The molecule has 1 unspecified atom stereocenters. The summed E-state index contributed by atoms with van der Waals surface area (Å²) in [7, 11) is 5.79. The molecule has 2 aromatic rings. The first-order valence-corrected chi connectivity index (χ1v) is 12.2.